The SMILES string of the molecule is CCC(C(=O)NC1CCN(C(=O)Nc2ccccc2)CC1)n1nnc(-c2ccc(Cl)cc2)n1. The fraction of sp³-hybridized carbons (Fsp3) is 0.348. The molecular weight excluding hydrogens is 442 g/mol. The van der Waals surface area contributed by atoms with Gasteiger partial charge in [0.25, 0.3) is 0 Å². The van der Waals surface area contributed by atoms with E-state index in [4.69, 9.17) is 11.6 Å². The molecule has 2 aromatic carbocycles. The Balaban J connectivity index is 1.30. The zero-order chi connectivity index (χ0) is 23.2. The molecule has 1 saturated heterocycles. The summed E-state index contributed by atoms with van der Waals surface area (Å²) in [5, 5.41) is 19.2. The standard InChI is InChI=1S/C23H26ClN7O2/c1-2-20(31-28-21(27-29-31)16-8-10-17(24)11-9-16)22(32)25-19-12-14-30(15-13-19)23(33)26-18-6-4-3-5-7-18/h3-11,19-20H,2,12-15H2,1H3,(H,25,32)(H,26,33). The topological polar surface area (TPSA) is 105 Å². The Labute approximate surface area is 197 Å². The van der Waals surface area contributed by atoms with Crippen molar-refractivity contribution in [2.45, 2.75) is 38.3 Å². The number of carbonyl (C=O) groups is 2. The molecule has 1 aromatic heterocycles. The summed E-state index contributed by atoms with van der Waals surface area (Å²) >= 11 is 5.93. The summed E-state index contributed by atoms with van der Waals surface area (Å²) in [5.41, 5.74) is 1.55. The first-order chi connectivity index (χ1) is 16.0. The van der Waals surface area contributed by atoms with Crippen molar-refractivity contribution in [1.82, 2.24) is 30.4 Å². The van der Waals surface area contributed by atoms with Crippen LogP contribution in [0, 0.1) is 0 Å². The van der Waals surface area contributed by atoms with Gasteiger partial charge in [-0.2, -0.15) is 4.80 Å². The van der Waals surface area contributed by atoms with Crippen LogP contribution < -0.4 is 10.6 Å². The number of nitrogens with one attached hydrogen (secondary N) is 2. The maximum Gasteiger partial charge on any atom is 0.321 e. The molecule has 1 unspecified atom stereocenters. The molecular formula is C23H26ClN7O2. The first-order valence-corrected chi connectivity index (χ1v) is 11.4. The van der Waals surface area contributed by atoms with Gasteiger partial charge in [0.05, 0.1) is 0 Å². The number of aromatic nitrogens is 4. The maximum absolute atomic E-state index is 12.9. The molecule has 33 heavy (non-hydrogen) atoms. The number of rotatable bonds is 6. The molecule has 1 fully saturated rings. The van der Waals surface area contributed by atoms with Crippen LogP contribution in [0.3, 0.4) is 0 Å². The lowest BCUT2D eigenvalue weighted by molar-refractivity contribution is -0.126. The van der Waals surface area contributed by atoms with E-state index in [2.05, 4.69) is 26.0 Å². The molecule has 1 atom stereocenters. The molecule has 172 valence electrons. The molecule has 0 bridgehead atoms. The molecule has 9 nitrogen and oxygen atoms in total. The number of anilines is 1. The molecule has 0 saturated carbocycles. The zero-order valence-electron chi connectivity index (χ0n) is 18.3. The summed E-state index contributed by atoms with van der Waals surface area (Å²) in [6.07, 6.45) is 1.90. The molecule has 3 aromatic rings. The van der Waals surface area contributed by atoms with Crippen molar-refractivity contribution >= 4 is 29.2 Å². The number of para-hydroxylation sites is 1. The van der Waals surface area contributed by atoms with E-state index in [9.17, 15) is 9.59 Å². The third-order valence-corrected chi connectivity index (χ3v) is 5.90. The lowest BCUT2D eigenvalue weighted by Gasteiger charge is -2.33. The van der Waals surface area contributed by atoms with Crippen LogP contribution in [0.1, 0.15) is 32.2 Å². The number of tetrazole rings is 1. The number of benzene rings is 2. The number of amides is 3. The van der Waals surface area contributed by atoms with Crippen LogP contribution in [0.4, 0.5) is 10.5 Å². The summed E-state index contributed by atoms with van der Waals surface area (Å²) in [6.45, 7) is 3.05. The Morgan fingerprint density at radius 1 is 1.09 bits per heavy atom. The van der Waals surface area contributed by atoms with E-state index in [0.717, 1.165) is 11.3 Å². The summed E-state index contributed by atoms with van der Waals surface area (Å²) in [4.78, 5) is 28.5. The summed E-state index contributed by atoms with van der Waals surface area (Å²) < 4.78 is 0. The van der Waals surface area contributed by atoms with Crippen molar-refractivity contribution in [3.63, 3.8) is 0 Å². The van der Waals surface area contributed by atoms with Gasteiger partial charge in [-0.25, -0.2) is 4.79 Å². The monoisotopic (exact) mass is 467 g/mol. The zero-order valence-corrected chi connectivity index (χ0v) is 19.1. The van der Waals surface area contributed by atoms with Crippen molar-refractivity contribution in [3.8, 4) is 11.4 Å². The predicted octanol–water partition coefficient (Wildman–Crippen LogP) is 3.76. The molecule has 2 N–H and O–H groups in total. The van der Waals surface area contributed by atoms with Gasteiger partial charge in [-0.15, -0.1) is 10.2 Å². The molecule has 1 aliphatic heterocycles. The summed E-state index contributed by atoms with van der Waals surface area (Å²) in [7, 11) is 0. The van der Waals surface area contributed by atoms with Gasteiger partial charge >= 0.3 is 6.03 Å². The van der Waals surface area contributed by atoms with Crippen molar-refractivity contribution < 1.29 is 9.59 Å². The van der Waals surface area contributed by atoms with Crippen LogP contribution in [0.2, 0.25) is 5.02 Å². The second-order valence-corrected chi connectivity index (χ2v) is 8.37. The van der Waals surface area contributed by atoms with E-state index in [-0.39, 0.29) is 18.0 Å². The van der Waals surface area contributed by atoms with E-state index >= 15 is 0 Å². The van der Waals surface area contributed by atoms with Gasteiger partial charge in [-0.3, -0.25) is 4.79 Å². The van der Waals surface area contributed by atoms with Gasteiger partial charge in [-0.05, 0) is 60.9 Å². The quantitative estimate of drug-likeness (QED) is 0.574. The van der Waals surface area contributed by atoms with Crippen LogP contribution in [-0.4, -0.2) is 56.2 Å². The Morgan fingerprint density at radius 2 is 1.79 bits per heavy atom. The Bertz CT molecular complexity index is 1080. The Morgan fingerprint density at radius 3 is 2.45 bits per heavy atom. The third kappa shape index (κ3) is 5.67. The average molecular weight is 468 g/mol. The Kier molecular flexibility index (Phi) is 7.19. The van der Waals surface area contributed by atoms with Crippen molar-refractivity contribution in [2.75, 3.05) is 18.4 Å². The van der Waals surface area contributed by atoms with Crippen molar-refractivity contribution in [3.05, 3.63) is 59.6 Å². The normalized spacial score (nSPS) is 15.2. The highest BCUT2D eigenvalue weighted by Crippen LogP contribution is 2.19. The molecule has 3 amide bonds. The van der Waals surface area contributed by atoms with Crippen LogP contribution in [0.5, 0.6) is 0 Å². The smallest absolute Gasteiger partial charge is 0.321 e. The minimum Gasteiger partial charge on any atom is -0.351 e. The highest BCUT2D eigenvalue weighted by atomic mass is 35.5. The summed E-state index contributed by atoms with van der Waals surface area (Å²) in [5.74, 6) is 0.292. The number of hydrogen-bond donors (Lipinski definition) is 2. The number of likely N-dealkylation sites (tertiary alicyclic amines) is 1. The van der Waals surface area contributed by atoms with Crippen molar-refractivity contribution in [2.24, 2.45) is 0 Å². The van der Waals surface area contributed by atoms with E-state index in [1.54, 1.807) is 17.0 Å². The minimum absolute atomic E-state index is 0.00779. The van der Waals surface area contributed by atoms with Crippen LogP contribution in [0.25, 0.3) is 11.4 Å². The molecule has 0 radical (unpaired) electrons. The van der Waals surface area contributed by atoms with E-state index in [1.165, 1.54) is 4.80 Å². The van der Waals surface area contributed by atoms with Gasteiger partial charge < -0.3 is 15.5 Å². The van der Waals surface area contributed by atoms with Crippen LogP contribution in [0.15, 0.2) is 54.6 Å². The fourth-order valence-corrected chi connectivity index (χ4v) is 3.90. The fourth-order valence-electron chi connectivity index (χ4n) is 3.77. The van der Waals surface area contributed by atoms with Gasteiger partial charge in [0.2, 0.25) is 11.7 Å². The second-order valence-electron chi connectivity index (χ2n) is 7.93. The lowest BCUT2D eigenvalue weighted by Crippen LogP contribution is -2.49. The number of nitrogens with zero attached hydrogens (tertiary/aromatic N) is 5. The molecule has 2 heterocycles. The summed E-state index contributed by atoms with van der Waals surface area (Å²) in [6, 6.07) is 15.8. The van der Waals surface area contributed by atoms with Gasteiger partial charge in [0.15, 0.2) is 6.04 Å². The minimum atomic E-state index is -0.557. The first kappa shape index (κ1) is 22.7. The van der Waals surface area contributed by atoms with Gasteiger partial charge in [0.1, 0.15) is 0 Å². The van der Waals surface area contributed by atoms with E-state index in [0.29, 0.717) is 43.2 Å². The predicted molar refractivity (Wildman–Crippen MR) is 126 cm³/mol. The highest BCUT2D eigenvalue weighted by molar-refractivity contribution is 6.30. The maximum atomic E-state index is 12.9. The Hall–Kier alpha value is -3.46. The van der Waals surface area contributed by atoms with Gasteiger partial charge in [-0.1, -0.05) is 36.7 Å². The van der Waals surface area contributed by atoms with Gasteiger partial charge in [0, 0.05) is 35.4 Å². The molecule has 0 spiro atoms. The highest BCUT2D eigenvalue weighted by Gasteiger charge is 2.28. The number of urea groups is 1. The lowest BCUT2D eigenvalue weighted by atomic mass is 10.0. The second kappa shape index (κ2) is 10.4. The van der Waals surface area contributed by atoms with Crippen LogP contribution >= 0.6 is 11.6 Å². The molecule has 4 rings (SSSR count). The van der Waals surface area contributed by atoms with Crippen LogP contribution in [-0.2, 0) is 4.79 Å². The number of hydrogen-bond acceptors (Lipinski definition) is 5. The number of carbonyl (C=O) groups excluding carboxylic acids is 2. The van der Waals surface area contributed by atoms with E-state index < -0.39 is 6.04 Å². The first-order valence-electron chi connectivity index (χ1n) is 11.0. The van der Waals surface area contributed by atoms with E-state index in [1.807, 2.05) is 49.4 Å². The molecule has 0 aliphatic carbocycles. The van der Waals surface area contributed by atoms with Crippen molar-refractivity contribution in [1.29, 1.82) is 0 Å². The third-order valence-electron chi connectivity index (χ3n) is 5.65. The number of halogens is 1. The average Bonchev–Trinajstić information content (AvgIpc) is 3.31. The molecule has 10 heteroatoms. The number of piperidine rings is 1. The molecule has 1 aliphatic rings. The largest absolute Gasteiger partial charge is 0.351 e.